The van der Waals surface area contributed by atoms with Gasteiger partial charge in [-0.1, -0.05) is 40.2 Å². The molecule has 1 aliphatic rings. The lowest BCUT2D eigenvalue weighted by atomic mass is 9.99. The first kappa shape index (κ1) is 18.7. The Morgan fingerprint density at radius 3 is 2.71 bits per heavy atom. The van der Waals surface area contributed by atoms with E-state index in [1.807, 2.05) is 17.0 Å². The van der Waals surface area contributed by atoms with E-state index in [0.29, 0.717) is 36.8 Å². The first-order chi connectivity index (χ1) is 13.5. The second-order valence-electron chi connectivity index (χ2n) is 7.01. The lowest BCUT2D eigenvalue weighted by molar-refractivity contribution is -0.132. The van der Waals surface area contributed by atoms with Crippen LogP contribution >= 0.6 is 15.9 Å². The SMILES string of the molecule is O=C(CCCn1c(=O)[nH]c2ccc(Br)cc2c1=O)N1CCc2ccccc2C1. The molecule has 0 aliphatic carbocycles. The van der Waals surface area contributed by atoms with Gasteiger partial charge in [-0.15, -0.1) is 0 Å². The van der Waals surface area contributed by atoms with Crippen molar-refractivity contribution in [3.8, 4) is 0 Å². The number of carbonyl (C=O) groups is 1. The zero-order chi connectivity index (χ0) is 19.7. The van der Waals surface area contributed by atoms with Crippen molar-refractivity contribution in [1.82, 2.24) is 14.5 Å². The summed E-state index contributed by atoms with van der Waals surface area (Å²) in [5.74, 6) is 0.0579. The number of rotatable bonds is 4. The Labute approximate surface area is 169 Å². The summed E-state index contributed by atoms with van der Waals surface area (Å²) in [5.41, 5.74) is 2.22. The highest BCUT2D eigenvalue weighted by atomic mass is 79.9. The van der Waals surface area contributed by atoms with Gasteiger partial charge in [0, 0.05) is 30.5 Å². The standard InChI is InChI=1S/C21H20BrN3O3/c22-16-7-8-18-17(12-16)20(27)25(21(28)23-18)10-3-6-19(26)24-11-9-14-4-1-2-5-15(14)13-24/h1-2,4-5,7-8,12H,3,6,9-11,13H2,(H,23,28). The lowest BCUT2D eigenvalue weighted by Crippen LogP contribution is -2.37. The number of aromatic nitrogens is 2. The average molecular weight is 442 g/mol. The molecule has 1 aromatic heterocycles. The Kier molecular flexibility index (Phi) is 5.17. The summed E-state index contributed by atoms with van der Waals surface area (Å²) in [7, 11) is 0. The molecular formula is C21H20BrN3O3. The monoisotopic (exact) mass is 441 g/mol. The van der Waals surface area contributed by atoms with Gasteiger partial charge in [0.05, 0.1) is 10.9 Å². The second kappa shape index (κ2) is 7.75. The van der Waals surface area contributed by atoms with Gasteiger partial charge in [-0.05, 0) is 42.2 Å². The van der Waals surface area contributed by atoms with Gasteiger partial charge in [0.15, 0.2) is 0 Å². The van der Waals surface area contributed by atoms with Crippen molar-refractivity contribution in [2.45, 2.75) is 32.4 Å². The molecule has 6 nitrogen and oxygen atoms in total. The number of carbonyl (C=O) groups excluding carboxylic acids is 1. The summed E-state index contributed by atoms with van der Waals surface area (Å²) in [5, 5.41) is 0.452. The molecule has 0 bridgehead atoms. The van der Waals surface area contributed by atoms with Crippen LogP contribution in [0.4, 0.5) is 0 Å². The van der Waals surface area contributed by atoms with E-state index >= 15 is 0 Å². The van der Waals surface area contributed by atoms with Gasteiger partial charge in [0.2, 0.25) is 5.91 Å². The quantitative estimate of drug-likeness (QED) is 0.676. The number of halogens is 1. The van der Waals surface area contributed by atoms with Crippen LogP contribution < -0.4 is 11.2 Å². The van der Waals surface area contributed by atoms with E-state index in [0.717, 1.165) is 10.9 Å². The van der Waals surface area contributed by atoms with E-state index in [1.54, 1.807) is 18.2 Å². The second-order valence-corrected chi connectivity index (χ2v) is 7.93. The topological polar surface area (TPSA) is 75.2 Å². The third-order valence-electron chi connectivity index (χ3n) is 5.20. The van der Waals surface area contributed by atoms with Gasteiger partial charge < -0.3 is 9.88 Å². The van der Waals surface area contributed by atoms with Crippen molar-refractivity contribution in [1.29, 1.82) is 0 Å². The van der Waals surface area contributed by atoms with Gasteiger partial charge in [0.1, 0.15) is 0 Å². The molecule has 28 heavy (non-hydrogen) atoms. The molecule has 0 atom stereocenters. The molecule has 1 N–H and O–H groups in total. The van der Waals surface area contributed by atoms with Gasteiger partial charge in [-0.2, -0.15) is 0 Å². The fourth-order valence-corrected chi connectivity index (χ4v) is 4.04. The van der Waals surface area contributed by atoms with Crippen molar-refractivity contribution in [3.63, 3.8) is 0 Å². The molecule has 3 aromatic rings. The van der Waals surface area contributed by atoms with E-state index in [4.69, 9.17) is 0 Å². The van der Waals surface area contributed by atoms with Crippen LogP contribution in [0, 0.1) is 0 Å². The van der Waals surface area contributed by atoms with Crippen LogP contribution in [0.3, 0.4) is 0 Å². The fourth-order valence-electron chi connectivity index (χ4n) is 3.68. The molecule has 2 aromatic carbocycles. The van der Waals surface area contributed by atoms with E-state index < -0.39 is 5.69 Å². The Morgan fingerprint density at radius 1 is 1.11 bits per heavy atom. The van der Waals surface area contributed by atoms with Crippen molar-refractivity contribution in [2.75, 3.05) is 6.54 Å². The average Bonchev–Trinajstić information content (AvgIpc) is 2.70. The number of benzene rings is 2. The summed E-state index contributed by atoms with van der Waals surface area (Å²) < 4.78 is 1.95. The number of hydrogen-bond donors (Lipinski definition) is 1. The van der Waals surface area contributed by atoms with E-state index in [2.05, 4.69) is 33.0 Å². The zero-order valence-corrected chi connectivity index (χ0v) is 16.9. The minimum atomic E-state index is -0.445. The van der Waals surface area contributed by atoms with Crippen LogP contribution in [0.2, 0.25) is 0 Å². The molecule has 0 saturated carbocycles. The lowest BCUT2D eigenvalue weighted by Gasteiger charge is -2.29. The summed E-state index contributed by atoms with van der Waals surface area (Å²) in [6, 6.07) is 13.3. The van der Waals surface area contributed by atoms with Crippen LogP contribution in [0.15, 0.2) is 56.5 Å². The number of H-pyrrole nitrogens is 1. The summed E-state index contributed by atoms with van der Waals surface area (Å²) in [6.45, 7) is 1.55. The van der Waals surface area contributed by atoms with Gasteiger partial charge in [-0.25, -0.2) is 4.79 Å². The smallest absolute Gasteiger partial charge is 0.328 e. The van der Waals surface area contributed by atoms with Crippen LogP contribution in [-0.4, -0.2) is 26.9 Å². The highest BCUT2D eigenvalue weighted by Gasteiger charge is 2.20. The molecule has 2 heterocycles. The normalized spacial score (nSPS) is 13.5. The molecule has 0 spiro atoms. The van der Waals surface area contributed by atoms with Gasteiger partial charge in [-0.3, -0.25) is 14.2 Å². The van der Waals surface area contributed by atoms with Gasteiger partial charge in [0.25, 0.3) is 5.56 Å². The van der Waals surface area contributed by atoms with Crippen molar-refractivity contribution in [3.05, 3.63) is 78.9 Å². The summed E-state index contributed by atoms with van der Waals surface area (Å²) in [4.78, 5) is 42.1. The molecule has 1 aliphatic heterocycles. The first-order valence-electron chi connectivity index (χ1n) is 9.30. The molecule has 0 fully saturated rings. The van der Waals surface area contributed by atoms with E-state index in [9.17, 15) is 14.4 Å². The molecule has 144 valence electrons. The number of hydrogen-bond acceptors (Lipinski definition) is 3. The van der Waals surface area contributed by atoms with Crippen LogP contribution in [0.25, 0.3) is 10.9 Å². The molecular weight excluding hydrogens is 422 g/mol. The molecule has 0 radical (unpaired) electrons. The van der Waals surface area contributed by atoms with Crippen molar-refractivity contribution in [2.24, 2.45) is 0 Å². The third-order valence-corrected chi connectivity index (χ3v) is 5.69. The number of nitrogens with zero attached hydrogens (tertiary/aromatic N) is 2. The fraction of sp³-hybridized carbons (Fsp3) is 0.286. The number of fused-ring (bicyclic) bond motifs is 2. The summed E-state index contributed by atoms with van der Waals surface area (Å²) >= 11 is 3.35. The number of aromatic amines is 1. The molecule has 7 heteroatoms. The van der Waals surface area contributed by atoms with Gasteiger partial charge >= 0.3 is 5.69 Å². The molecule has 0 saturated heterocycles. The van der Waals surface area contributed by atoms with Crippen molar-refractivity contribution >= 4 is 32.7 Å². The minimum Gasteiger partial charge on any atom is -0.338 e. The Bertz CT molecular complexity index is 1170. The Hall–Kier alpha value is -2.67. The van der Waals surface area contributed by atoms with Crippen LogP contribution in [-0.2, 0) is 24.3 Å². The van der Waals surface area contributed by atoms with Crippen LogP contribution in [0.1, 0.15) is 24.0 Å². The first-order valence-corrected chi connectivity index (χ1v) is 10.1. The Balaban J connectivity index is 1.44. The number of amides is 1. The predicted molar refractivity (Wildman–Crippen MR) is 111 cm³/mol. The maximum absolute atomic E-state index is 12.6. The minimum absolute atomic E-state index is 0.0579. The zero-order valence-electron chi connectivity index (χ0n) is 15.3. The Morgan fingerprint density at radius 2 is 1.89 bits per heavy atom. The predicted octanol–water partition coefficient (Wildman–Crippen LogP) is 2.82. The molecule has 1 amide bonds. The molecule has 0 unspecified atom stereocenters. The number of nitrogens with one attached hydrogen (secondary N) is 1. The maximum Gasteiger partial charge on any atom is 0.328 e. The van der Waals surface area contributed by atoms with Crippen molar-refractivity contribution < 1.29 is 4.79 Å². The van der Waals surface area contributed by atoms with E-state index in [1.165, 1.54) is 15.7 Å². The van der Waals surface area contributed by atoms with Crippen LogP contribution in [0.5, 0.6) is 0 Å². The maximum atomic E-state index is 12.6. The van der Waals surface area contributed by atoms with E-state index in [-0.39, 0.29) is 18.0 Å². The highest BCUT2D eigenvalue weighted by molar-refractivity contribution is 9.10. The molecule has 4 rings (SSSR count). The summed E-state index contributed by atoms with van der Waals surface area (Å²) in [6.07, 6.45) is 1.62. The third kappa shape index (κ3) is 3.67. The largest absolute Gasteiger partial charge is 0.338 e. The highest BCUT2D eigenvalue weighted by Crippen LogP contribution is 2.19.